The summed E-state index contributed by atoms with van der Waals surface area (Å²) < 4.78 is 1.95. The Morgan fingerprint density at radius 1 is 1.28 bits per heavy atom. The molecule has 1 saturated heterocycles. The second-order valence-electron chi connectivity index (χ2n) is 4.89. The van der Waals surface area contributed by atoms with Crippen LogP contribution in [0.1, 0.15) is 18.5 Å². The third-order valence-corrected chi connectivity index (χ3v) is 3.52. The van der Waals surface area contributed by atoms with Gasteiger partial charge >= 0.3 is 0 Å². The number of hydrogen-bond donors (Lipinski definition) is 1. The maximum atomic E-state index is 4.20. The summed E-state index contributed by atoms with van der Waals surface area (Å²) in [4.78, 5) is 0. The van der Waals surface area contributed by atoms with Gasteiger partial charge in [0.2, 0.25) is 0 Å². The third-order valence-electron chi connectivity index (χ3n) is 3.52. The van der Waals surface area contributed by atoms with E-state index < -0.39 is 0 Å². The summed E-state index contributed by atoms with van der Waals surface area (Å²) in [7, 11) is 0. The fourth-order valence-corrected chi connectivity index (χ4v) is 2.58. The van der Waals surface area contributed by atoms with Crippen LogP contribution >= 0.6 is 0 Å². The maximum Gasteiger partial charge on any atom is 0.0729 e. The van der Waals surface area contributed by atoms with E-state index in [0.29, 0.717) is 5.92 Å². The lowest BCUT2D eigenvalue weighted by atomic mass is 9.95. The average Bonchev–Trinajstić information content (AvgIpc) is 2.89. The van der Waals surface area contributed by atoms with Crippen molar-refractivity contribution in [2.45, 2.75) is 19.3 Å². The molecule has 0 spiro atoms. The molecule has 2 aromatic rings. The van der Waals surface area contributed by atoms with Crippen molar-refractivity contribution in [3.8, 4) is 5.69 Å². The molecular weight excluding hydrogens is 224 g/mol. The molecule has 1 fully saturated rings. The number of hydrogen-bond acceptors (Lipinski definition) is 3. The van der Waals surface area contributed by atoms with Crippen molar-refractivity contribution < 1.29 is 0 Å². The van der Waals surface area contributed by atoms with E-state index >= 15 is 0 Å². The summed E-state index contributed by atoms with van der Waals surface area (Å²) in [6.45, 7) is 2.27. The highest BCUT2D eigenvalue weighted by atomic mass is 15.4. The van der Waals surface area contributed by atoms with E-state index in [1.165, 1.54) is 18.5 Å². The molecule has 1 aromatic heterocycles. The molecule has 1 unspecified atom stereocenters. The summed E-state index contributed by atoms with van der Waals surface area (Å²) in [5.74, 6) is 0.708. The molecule has 18 heavy (non-hydrogen) atoms. The first kappa shape index (κ1) is 11.4. The van der Waals surface area contributed by atoms with Gasteiger partial charge in [-0.15, -0.1) is 5.10 Å². The van der Waals surface area contributed by atoms with Crippen molar-refractivity contribution in [2.24, 2.45) is 5.92 Å². The van der Waals surface area contributed by atoms with Crippen LogP contribution in [0, 0.1) is 5.92 Å². The SMILES string of the molecule is c1ccc(-n2nncc2CC2CCCNC2)cc1. The maximum absolute atomic E-state index is 4.20. The number of para-hydroxylation sites is 1. The lowest BCUT2D eigenvalue weighted by molar-refractivity contribution is 0.371. The van der Waals surface area contributed by atoms with Gasteiger partial charge in [0.15, 0.2) is 0 Å². The van der Waals surface area contributed by atoms with Crippen molar-refractivity contribution in [1.29, 1.82) is 0 Å². The van der Waals surface area contributed by atoms with Crippen LogP contribution in [-0.4, -0.2) is 28.1 Å². The van der Waals surface area contributed by atoms with E-state index in [-0.39, 0.29) is 0 Å². The Bertz CT molecular complexity index is 486. The zero-order chi connectivity index (χ0) is 12.2. The average molecular weight is 242 g/mol. The first-order chi connectivity index (χ1) is 8.93. The van der Waals surface area contributed by atoms with Crippen LogP contribution in [0.2, 0.25) is 0 Å². The standard InChI is InChI=1S/C14H18N4/c1-2-6-13(7-3-1)18-14(11-16-17-18)9-12-5-4-8-15-10-12/h1-3,6-7,11-12,15H,4-5,8-10H2. The van der Waals surface area contributed by atoms with Gasteiger partial charge in [0, 0.05) is 0 Å². The molecule has 4 heteroatoms. The molecular formula is C14H18N4. The molecule has 0 bridgehead atoms. The molecule has 1 atom stereocenters. The topological polar surface area (TPSA) is 42.7 Å². The highest BCUT2D eigenvalue weighted by molar-refractivity contribution is 5.31. The van der Waals surface area contributed by atoms with Gasteiger partial charge in [-0.25, -0.2) is 4.68 Å². The van der Waals surface area contributed by atoms with E-state index in [4.69, 9.17) is 0 Å². The minimum absolute atomic E-state index is 0.708. The first-order valence-corrected chi connectivity index (χ1v) is 6.59. The van der Waals surface area contributed by atoms with Gasteiger partial charge in [0.25, 0.3) is 0 Å². The number of rotatable bonds is 3. The van der Waals surface area contributed by atoms with Gasteiger partial charge in [-0.2, -0.15) is 0 Å². The Hall–Kier alpha value is -1.68. The monoisotopic (exact) mass is 242 g/mol. The van der Waals surface area contributed by atoms with Gasteiger partial charge in [-0.05, 0) is 50.4 Å². The van der Waals surface area contributed by atoms with Crippen molar-refractivity contribution in [3.05, 3.63) is 42.2 Å². The summed E-state index contributed by atoms with van der Waals surface area (Å²) in [6.07, 6.45) is 5.51. The lowest BCUT2D eigenvalue weighted by Crippen LogP contribution is -2.31. The number of nitrogens with one attached hydrogen (secondary N) is 1. The van der Waals surface area contributed by atoms with Crippen molar-refractivity contribution >= 4 is 0 Å². The normalized spacial score (nSPS) is 19.9. The lowest BCUT2D eigenvalue weighted by Gasteiger charge is -2.22. The third kappa shape index (κ3) is 2.43. The molecule has 1 aliphatic heterocycles. The van der Waals surface area contributed by atoms with Gasteiger partial charge < -0.3 is 5.32 Å². The summed E-state index contributed by atoms with van der Waals surface area (Å²) in [5, 5.41) is 11.7. The van der Waals surface area contributed by atoms with Gasteiger partial charge in [0.05, 0.1) is 17.6 Å². The van der Waals surface area contributed by atoms with Crippen LogP contribution in [0.25, 0.3) is 5.69 Å². The minimum Gasteiger partial charge on any atom is -0.316 e. The molecule has 0 radical (unpaired) electrons. The van der Waals surface area contributed by atoms with E-state index in [1.54, 1.807) is 0 Å². The zero-order valence-electron chi connectivity index (χ0n) is 10.4. The highest BCUT2D eigenvalue weighted by Gasteiger charge is 2.16. The van der Waals surface area contributed by atoms with E-state index in [1.807, 2.05) is 29.1 Å². The quantitative estimate of drug-likeness (QED) is 0.892. The number of nitrogens with zero attached hydrogens (tertiary/aromatic N) is 3. The van der Waals surface area contributed by atoms with Crippen LogP contribution < -0.4 is 5.32 Å². The van der Waals surface area contributed by atoms with Crippen molar-refractivity contribution in [2.75, 3.05) is 13.1 Å². The zero-order valence-corrected chi connectivity index (χ0v) is 10.4. The van der Waals surface area contributed by atoms with Gasteiger partial charge in [0.1, 0.15) is 0 Å². The molecule has 3 rings (SSSR count). The smallest absolute Gasteiger partial charge is 0.0729 e. The summed E-state index contributed by atoms with van der Waals surface area (Å²) >= 11 is 0. The number of benzene rings is 1. The fraction of sp³-hybridized carbons (Fsp3) is 0.429. The van der Waals surface area contributed by atoms with Crippen molar-refractivity contribution in [1.82, 2.24) is 20.3 Å². The second-order valence-corrected chi connectivity index (χ2v) is 4.89. The van der Waals surface area contributed by atoms with Crippen LogP contribution in [0.5, 0.6) is 0 Å². The molecule has 94 valence electrons. The van der Waals surface area contributed by atoms with E-state index in [0.717, 1.165) is 25.2 Å². The molecule has 1 aliphatic rings. The summed E-state index contributed by atoms with van der Waals surface area (Å²) in [6, 6.07) is 10.2. The van der Waals surface area contributed by atoms with Crippen LogP contribution in [0.4, 0.5) is 0 Å². The first-order valence-electron chi connectivity index (χ1n) is 6.59. The number of aromatic nitrogens is 3. The molecule has 0 amide bonds. The molecule has 2 heterocycles. The van der Waals surface area contributed by atoms with E-state index in [9.17, 15) is 0 Å². The van der Waals surface area contributed by atoms with Gasteiger partial charge in [-0.1, -0.05) is 23.4 Å². The number of piperidine rings is 1. The predicted molar refractivity (Wildman–Crippen MR) is 70.7 cm³/mol. The van der Waals surface area contributed by atoms with Gasteiger partial charge in [-0.3, -0.25) is 0 Å². The Morgan fingerprint density at radius 3 is 2.94 bits per heavy atom. The van der Waals surface area contributed by atoms with Crippen molar-refractivity contribution in [3.63, 3.8) is 0 Å². The Kier molecular flexibility index (Phi) is 3.37. The minimum atomic E-state index is 0.708. The Balaban J connectivity index is 1.79. The largest absolute Gasteiger partial charge is 0.316 e. The van der Waals surface area contributed by atoms with E-state index in [2.05, 4.69) is 27.8 Å². The Labute approximate surface area is 107 Å². The molecule has 0 aliphatic carbocycles. The Morgan fingerprint density at radius 2 is 2.17 bits per heavy atom. The van der Waals surface area contributed by atoms with Crippen LogP contribution in [0.3, 0.4) is 0 Å². The molecule has 1 N–H and O–H groups in total. The highest BCUT2D eigenvalue weighted by Crippen LogP contribution is 2.17. The predicted octanol–water partition coefficient (Wildman–Crippen LogP) is 1.81. The van der Waals surface area contributed by atoms with Crippen LogP contribution in [-0.2, 0) is 6.42 Å². The molecule has 0 saturated carbocycles. The molecule has 4 nitrogen and oxygen atoms in total. The second kappa shape index (κ2) is 5.31. The fourth-order valence-electron chi connectivity index (χ4n) is 2.58. The van der Waals surface area contributed by atoms with Crippen LogP contribution in [0.15, 0.2) is 36.5 Å². The molecule has 1 aromatic carbocycles. The summed E-state index contributed by atoms with van der Waals surface area (Å²) in [5.41, 5.74) is 2.30.